The van der Waals surface area contributed by atoms with Crippen LogP contribution in [-0.2, 0) is 0 Å². The van der Waals surface area contributed by atoms with E-state index in [9.17, 15) is 0 Å². The molecule has 5 heteroatoms. The van der Waals surface area contributed by atoms with E-state index in [-0.39, 0.29) is 0 Å². The summed E-state index contributed by atoms with van der Waals surface area (Å²) < 4.78 is 8.89. The Morgan fingerprint density at radius 2 is 0.875 bits per heavy atom. The fourth-order valence-corrected chi connectivity index (χ4v) is 8.05. The lowest BCUT2D eigenvalue weighted by Crippen LogP contribution is -2.04. The number of aromatic nitrogens is 4. The summed E-state index contributed by atoms with van der Waals surface area (Å²) in [6.45, 7) is 0. The van der Waals surface area contributed by atoms with Gasteiger partial charge in [-0.1, -0.05) is 152 Å². The Labute approximate surface area is 322 Å². The SMILES string of the molecule is c1ccc(-c2ccc(-c3nc(-c4ccccc4)nc(-c4cccc5oc6cc(-c7ccccc7)ccc6c45)n3)c(-n3c4ccccc4c4ccccc43)c2)cc1. The number of rotatable bonds is 6. The van der Waals surface area contributed by atoms with Crippen LogP contribution in [0.3, 0.4) is 0 Å². The van der Waals surface area contributed by atoms with Gasteiger partial charge in [0.15, 0.2) is 17.5 Å². The van der Waals surface area contributed by atoms with Crippen LogP contribution in [-0.4, -0.2) is 19.5 Å². The maximum absolute atomic E-state index is 6.54. The third-order valence-corrected chi connectivity index (χ3v) is 10.7. The van der Waals surface area contributed by atoms with Crippen molar-refractivity contribution in [2.75, 3.05) is 0 Å². The van der Waals surface area contributed by atoms with Crippen LogP contribution in [0.1, 0.15) is 0 Å². The number of para-hydroxylation sites is 2. The first-order chi connectivity index (χ1) is 27.8. The van der Waals surface area contributed by atoms with Gasteiger partial charge in [0.25, 0.3) is 0 Å². The number of hydrogen-bond donors (Lipinski definition) is 0. The standard InChI is InChI=1S/C51H32N4O/c1-4-15-33(16-5-1)36-27-29-40(45(31-36)55-43-24-12-10-21-38(43)39-22-11-13-25-44(39)55)50-52-49(35-19-8-3-9-20-35)53-51(54-50)42-23-14-26-46-48(42)41-30-28-37(32-47(41)56-46)34-17-6-2-7-18-34/h1-32H. The molecule has 0 unspecified atom stereocenters. The van der Waals surface area contributed by atoms with Crippen LogP contribution in [0.25, 0.3) is 106 Å². The molecule has 0 aliphatic heterocycles. The monoisotopic (exact) mass is 716 g/mol. The Morgan fingerprint density at radius 3 is 1.54 bits per heavy atom. The average Bonchev–Trinajstić information content (AvgIpc) is 3.82. The molecule has 0 atom stereocenters. The fourth-order valence-electron chi connectivity index (χ4n) is 8.05. The maximum Gasteiger partial charge on any atom is 0.166 e. The van der Waals surface area contributed by atoms with Crippen molar-refractivity contribution in [1.82, 2.24) is 19.5 Å². The van der Waals surface area contributed by atoms with E-state index in [4.69, 9.17) is 19.4 Å². The molecule has 262 valence electrons. The number of benzene rings is 8. The molecule has 0 bridgehead atoms. The van der Waals surface area contributed by atoms with E-state index in [1.807, 2.05) is 48.5 Å². The Kier molecular flexibility index (Phi) is 7.42. The van der Waals surface area contributed by atoms with Crippen molar-refractivity contribution in [2.45, 2.75) is 0 Å². The van der Waals surface area contributed by atoms with Crippen molar-refractivity contribution in [1.29, 1.82) is 0 Å². The molecule has 0 amide bonds. The molecule has 0 aliphatic carbocycles. The van der Waals surface area contributed by atoms with Crippen LogP contribution in [0.15, 0.2) is 199 Å². The van der Waals surface area contributed by atoms with E-state index in [1.165, 1.54) is 10.8 Å². The summed E-state index contributed by atoms with van der Waals surface area (Å²) in [6, 6.07) is 67.4. The third-order valence-electron chi connectivity index (χ3n) is 10.7. The van der Waals surface area contributed by atoms with E-state index in [0.717, 1.165) is 77.6 Å². The van der Waals surface area contributed by atoms with Gasteiger partial charge in [0.2, 0.25) is 0 Å². The quantitative estimate of drug-likeness (QED) is 0.172. The largest absolute Gasteiger partial charge is 0.456 e. The van der Waals surface area contributed by atoms with Crippen molar-refractivity contribution in [2.24, 2.45) is 0 Å². The first-order valence-corrected chi connectivity index (χ1v) is 18.8. The first kappa shape index (κ1) is 31.9. The van der Waals surface area contributed by atoms with Crippen LogP contribution in [0, 0.1) is 0 Å². The van der Waals surface area contributed by atoms with Crippen molar-refractivity contribution in [3.63, 3.8) is 0 Å². The zero-order valence-electron chi connectivity index (χ0n) is 30.2. The van der Waals surface area contributed by atoms with Crippen molar-refractivity contribution >= 4 is 43.7 Å². The summed E-state index contributed by atoms with van der Waals surface area (Å²) in [7, 11) is 0. The van der Waals surface area contributed by atoms with Crippen LogP contribution < -0.4 is 0 Å². The molecular formula is C51H32N4O. The summed E-state index contributed by atoms with van der Waals surface area (Å²) in [6.07, 6.45) is 0. The van der Waals surface area contributed by atoms with Crippen molar-refractivity contribution < 1.29 is 4.42 Å². The summed E-state index contributed by atoms with van der Waals surface area (Å²) in [5, 5.41) is 4.36. The number of fused-ring (bicyclic) bond motifs is 6. The number of nitrogens with zero attached hydrogens (tertiary/aromatic N) is 4. The average molecular weight is 717 g/mol. The first-order valence-electron chi connectivity index (χ1n) is 18.8. The Balaban J connectivity index is 1.18. The molecule has 0 aliphatic rings. The van der Waals surface area contributed by atoms with Crippen LogP contribution in [0.4, 0.5) is 0 Å². The second-order valence-corrected chi connectivity index (χ2v) is 14.0. The summed E-state index contributed by atoms with van der Waals surface area (Å²) in [4.78, 5) is 15.8. The van der Waals surface area contributed by atoms with Crippen molar-refractivity contribution in [3.8, 4) is 62.1 Å². The third kappa shape index (κ3) is 5.29. The fraction of sp³-hybridized carbons (Fsp3) is 0. The van der Waals surface area contributed by atoms with Gasteiger partial charge < -0.3 is 8.98 Å². The molecule has 56 heavy (non-hydrogen) atoms. The van der Waals surface area contributed by atoms with Gasteiger partial charge in [0.05, 0.1) is 16.7 Å². The van der Waals surface area contributed by atoms with E-state index < -0.39 is 0 Å². The molecule has 0 radical (unpaired) electrons. The Hall–Kier alpha value is -7.63. The minimum Gasteiger partial charge on any atom is -0.456 e. The maximum atomic E-state index is 6.54. The Morgan fingerprint density at radius 1 is 0.339 bits per heavy atom. The molecule has 11 aromatic rings. The van der Waals surface area contributed by atoms with Gasteiger partial charge in [-0.05, 0) is 64.7 Å². The molecule has 0 spiro atoms. The molecule has 5 nitrogen and oxygen atoms in total. The van der Waals surface area contributed by atoms with Gasteiger partial charge in [-0.2, -0.15) is 0 Å². The van der Waals surface area contributed by atoms with Crippen LogP contribution in [0.5, 0.6) is 0 Å². The van der Waals surface area contributed by atoms with Crippen molar-refractivity contribution in [3.05, 3.63) is 194 Å². The molecule has 3 heterocycles. The predicted molar refractivity (Wildman–Crippen MR) is 229 cm³/mol. The summed E-state index contributed by atoms with van der Waals surface area (Å²) in [5.41, 5.74) is 12.0. The van der Waals surface area contributed by atoms with E-state index in [0.29, 0.717) is 17.5 Å². The summed E-state index contributed by atoms with van der Waals surface area (Å²) >= 11 is 0. The molecule has 0 fully saturated rings. The number of hydrogen-bond acceptors (Lipinski definition) is 4. The van der Waals surface area contributed by atoms with Gasteiger partial charge in [-0.3, -0.25) is 0 Å². The smallest absolute Gasteiger partial charge is 0.166 e. The molecular weight excluding hydrogens is 685 g/mol. The van der Waals surface area contributed by atoms with Crippen LogP contribution in [0.2, 0.25) is 0 Å². The van der Waals surface area contributed by atoms with Gasteiger partial charge in [-0.15, -0.1) is 0 Å². The lowest BCUT2D eigenvalue weighted by atomic mass is 10.0. The van der Waals surface area contributed by atoms with Gasteiger partial charge in [0, 0.05) is 38.2 Å². The van der Waals surface area contributed by atoms with Gasteiger partial charge in [0.1, 0.15) is 11.2 Å². The molecule has 0 saturated carbocycles. The Bertz CT molecular complexity index is 3190. The zero-order valence-corrected chi connectivity index (χ0v) is 30.2. The highest BCUT2D eigenvalue weighted by Crippen LogP contribution is 2.41. The second kappa shape index (κ2) is 13.0. The minimum atomic E-state index is 0.578. The summed E-state index contributed by atoms with van der Waals surface area (Å²) in [5.74, 6) is 1.76. The highest BCUT2D eigenvalue weighted by molar-refractivity contribution is 6.13. The lowest BCUT2D eigenvalue weighted by molar-refractivity contribution is 0.669. The number of furan rings is 1. The molecule has 3 aromatic heterocycles. The highest BCUT2D eigenvalue weighted by Gasteiger charge is 2.22. The molecule has 8 aromatic carbocycles. The van der Waals surface area contributed by atoms with E-state index >= 15 is 0 Å². The van der Waals surface area contributed by atoms with Gasteiger partial charge >= 0.3 is 0 Å². The molecule has 11 rings (SSSR count). The van der Waals surface area contributed by atoms with Gasteiger partial charge in [-0.25, -0.2) is 15.0 Å². The molecule has 0 saturated heterocycles. The van der Waals surface area contributed by atoms with E-state index in [1.54, 1.807) is 0 Å². The lowest BCUT2D eigenvalue weighted by Gasteiger charge is -2.16. The topological polar surface area (TPSA) is 56.7 Å². The van der Waals surface area contributed by atoms with Crippen LogP contribution >= 0.6 is 0 Å². The minimum absolute atomic E-state index is 0.578. The zero-order chi connectivity index (χ0) is 37.0. The second-order valence-electron chi connectivity index (χ2n) is 14.0. The predicted octanol–water partition coefficient (Wildman–Crippen LogP) is 13.2. The highest BCUT2D eigenvalue weighted by atomic mass is 16.3. The molecule has 0 N–H and O–H groups in total. The van der Waals surface area contributed by atoms with E-state index in [2.05, 4.69) is 150 Å². The normalized spacial score (nSPS) is 11.6.